The maximum Gasteiger partial charge on any atom is 0.374 e. The highest BCUT2D eigenvalue weighted by Crippen LogP contribution is 2.19. The summed E-state index contributed by atoms with van der Waals surface area (Å²) in [6, 6.07) is 1.73. The molecule has 3 nitrogen and oxygen atoms in total. The number of benzene rings is 1. The third-order valence-corrected chi connectivity index (χ3v) is 2.07. The highest BCUT2D eigenvalue weighted by molar-refractivity contribution is 6.34. The Kier molecular flexibility index (Phi) is 3.95. The maximum absolute atomic E-state index is 13.2. The Bertz CT molecular complexity index is 423. The number of methoxy groups -OCH3 is 1. The molecule has 1 aromatic carbocycles. The zero-order chi connectivity index (χ0) is 12.3. The highest BCUT2D eigenvalue weighted by Gasteiger charge is 2.20. The van der Waals surface area contributed by atoms with Crippen LogP contribution >= 0.6 is 11.6 Å². The van der Waals surface area contributed by atoms with Gasteiger partial charge in [0.25, 0.3) is 0 Å². The lowest BCUT2D eigenvalue weighted by Crippen LogP contribution is -2.19. The number of Topliss-reactive ketones (excluding diaryl/α,β-unsaturated/α-hetero) is 1. The lowest BCUT2D eigenvalue weighted by molar-refractivity contribution is -0.151. The summed E-state index contributed by atoms with van der Waals surface area (Å²) in [5, 5.41) is -0.121. The molecule has 6 heteroatoms. The molecule has 0 aliphatic rings. The molecule has 1 rings (SSSR count). The SMILES string of the molecule is COC(=O)C(=O)Cc1c(F)cc(Cl)cc1F. The van der Waals surface area contributed by atoms with Crippen molar-refractivity contribution in [2.24, 2.45) is 0 Å². The summed E-state index contributed by atoms with van der Waals surface area (Å²) in [5.74, 6) is -4.11. The van der Waals surface area contributed by atoms with E-state index in [4.69, 9.17) is 11.6 Å². The Balaban J connectivity index is 2.98. The van der Waals surface area contributed by atoms with Crippen molar-refractivity contribution in [3.05, 3.63) is 34.4 Å². The molecule has 0 unspecified atom stereocenters. The molecule has 0 atom stereocenters. The Labute approximate surface area is 95.0 Å². The Morgan fingerprint density at radius 1 is 1.31 bits per heavy atom. The molecule has 86 valence electrons. The van der Waals surface area contributed by atoms with Gasteiger partial charge in [0.15, 0.2) is 0 Å². The average Bonchev–Trinajstić information content (AvgIpc) is 2.21. The first kappa shape index (κ1) is 12.6. The molecule has 0 spiro atoms. The molecule has 0 bridgehead atoms. The Morgan fingerprint density at radius 3 is 2.25 bits per heavy atom. The van der Waals surface area contributed by atoms with Crippen molar-refractivity contribution >= 4 is 23.4 Å². The van der Waals surface area contributed by atoms with E-state index in [-0.39, 0.29) is 5.02 Å². The fourth-order valence-electron chi connectivity index (χ4n) is 1.09. The smallest absolute Gasteiger partial charge is 0.374 e. The third kappa shape index (κ3) is 2.76. The van der Waals surface area contributed by atoms with Crippen LogP contribution in [0.1, 0.15) is 5.56 Å². The number of esters is 1. The fourth-order valence-corrected chi connectivity index (χ4v) is 1.28. The van der Waals surface area contributed by atoms with Crippen LogP contribution in [0.2, 0.25) is 5.02 Å². The van der Waals surface area contributed by atoms with Gasteiger partial charge in [0.05, 0.1) is 7.11 Å². The highest BCUT2D eigenvalue weighted by atomic mass is 35.5. The number of ketones is 1. The standard InChI is InChI=1S/C10H7ClF2O3/c1-16-10(15)9(14)4-6-7(12)2-5(11)3-8(6)13/h2-3H,4H2,1H3. The first-order chi connectivity index (χ1) is 7.45. The number of ether oxygens (including phenoxy) is 1. The van der Waals surface area contributed by atoms with E-state index in [2.05, 4.69) is 4.74 Å². The predicted octanol–water partition coefficient (Wildman–Crippen LogP) is 1.90. The summed E-state index contributed by atoms with van der Waals surface area (Å²) in [6.45, 7) is 0. The summed E-state index contributed by atoms with van der Waals surface area (Å²) in [7, 11) is 1.01. The first-order valence-electron chi connectivity index (χ1n) is 4.20. The number of halogens is 3. The van der Waals surface area contributed by atoms with E-state index in [9.17, 15) is 18.4 Å². The number of hydrogen-bond donors (Lipinski definition) is 0. The van der Waals surface area contributed by atoms with Crippen LogP contribution in [0.3, 0.4) is 0 Å². The van der Waals surface area contributed by atoms with Gasteiger partial charge in [-0.15, -0.1) is 0 Å². The number of hydrogen-bond acceptors (Lipinski definition) is 3. The van der Waals surface area contributed by atoms with Crippen LogP contribution in [0.15, 0.2) is 12.1 Å². The zero-order valence-corrected chi connectivity index (χ0v) is 8.98. The van der Waals surface area contributed by atoms with Gasteiger partial charge in [-0.05, 0) is 12.1 Å². The third-order valence-electron chi connectivity index (χ3n) is 1.86. The van der Waals surface area contributed by atoms with Crippen molar-refractivity contribution < 1.29 is 23.1 Å². The van der Waals surface area contributed by atoms with Gasteiger partial charge in [0.2, 0.25) is 5.78 Å². The molecule has 0 fully saturated rings. The molecular formula is C10H7ClF2O3. The van der Waals surface area contributed by atoms with E-state index in [1.807, 2.05) is 0 Å². The van der Waals surface area contributed by atoms with Crippen LogP contribution in [-0.2, 0) is 20.7 Å². The molecular weight excluding hydrogens is 242 g/mol. The van der Waals surface area contributed by atoms with E-state index in [0.29, 0.717) is 0 Å². The molecule has 0 saturated carbocycles. The zero-order valence-electron chi connectivity index (χ0n) is 8.22. The van der Waals surface area contributed by atoms with Gasteiger partial charge in [-0.3, -0.25) is 4.79 Å². The van der Waals surface area contributed by atoms with E-state index in [1.54, 1.807) is 0 Å². The lowest BCUT2D eigenvalue weighted by atomic mass is 10.1. The summed E-state index contributed by atoms with van der Waals surface area (Å²) < 4.78 is 30.5. The minimum absolute atomic E-state index is 0.121. The molecule has 0 aromatic heterocycles. The van der Waals surface area contributed by atoms with Gasteiger partial charge in [-0.2, -0.15) is 0 Å². The van der Waals surface area contributed by atoms with Crippen molar-refractivity contribution in [3.8, 4) is 0 Å². The second-order valence-corrected chi connectivity index (χ2v) is 3.38. The normalized spacial score (nSPS) is 10.0. The van der Waals surface area contributed by atoms with Crippen LogP contribution in [0.5, 0.6) is 0 Å². The van der Waals surface area contributed by atoms with Gasteiger partial charge >= 0.3 is 5.97 Å². The van der Waals surface area contributed by atoms with Crippen molar-refractivity contribution in [3.63, 3.8) is 0 Å². The van der Waals surface area contributed by atoms with Gasteiger partial charge in [-0.25, -0.2) is 13.6 Å². The second kappa shape index (κ2) is 5.03. The van der Waals surface area contributed by atoms with Crippen molar-refractivity contribution in [2.75, 3.05) is 7.11 Å². The molecule has 0 radical (unpaired) electrons. The van der Waals surface area contributed by atoms with E-state index < -0.39 is 35.4 Å². The molecule has 0 heterocycles. The maximum atomic E-state index is 13.2. The van der Waals surface area contributed by atoms with E-state index >= 15 is 0 Å². The lowest BCUT2D eigenvalue weighted by Gasteiger charge is -2.04. The van der Waals surface area contributed by atoms with Gasteiger partial charge < -0.3 is 4.74 Å². The monoisotopic (exact) mass is 248 g/mol. The molecule has 0 aliphatic heterocycles. The summed E-state index contributed by atoms with van der Waals surface area (Å²) in [4.78, 5) is 21.9. The molecule has 0 amide bonds. The molecule has 0 saturated heterocycles. The second-order valence-electron chi connectivity index (χ2n) is 2.94. The molecule has 0 N–H and O–H groups in total. The quantitative estimate of drug-likeness (QED) is 0.606. The van der Waals surface area contributed by atoms with Crippen LogP contribution < -0.4 is 0 Å². The Morgan fingerprint density at radius 2 is 1.81 bits per heavy atom. The minimum atomic E-state index is -1.14. The van der Waals surface area contributed by atoms with Gasteiger partial charge in [0, 0.05) is 17.0 Å². The number of rotatable bonds is 3. The number of carbonyl (C=O) groups excluding carboxylic acids is 2. The number of carbonyl (C=O) groups is 2. The fraction of sp³-hybridized carbons (Fsp3) is 0.200. The summed E-state index contributed by atoms with van der Waals surface area (Å²) in [6.07, 6.45) is -0.693. The van der Waals surface area contributed by atoms with Crippen molar-refractivity contribution in [1.82, 2.24) is 0 Å². The van der Waals surface area contributed by atoms with E-state index in [0.717, 1.165) is 19.2 Å². The van der Waals surface area contributed by atoms with Crippen LogP contribution in [-0.4, -0.2) is 18.9 Å². The van der Waals surface area contributed by atoms with Crippen molar-refractivity contribution in [2.45, 2.75) is 6.42 Å². The minimum Gasteiger partial charge on any atom is -0.463 e. The predicted molar refractivity (Wildman–Crippen MR) is 52.1 cm³/mol. The largest absolute Gasteiger partial charge is 0.463 e. The molecule has 0 aliphatic carbocycles. The first-order valence-corrected chi connectivity index (χ1v) is 4.58. The summed E-state index contributed by atoms with van der Waals surface area (Å²) >= 11 is 5.39. The van der Waals surface area contributed by atoms with Crippen LogP contribution in [0.4, 0.5) is 8.78 Å². The topological polar surface area (TPSA) is 43.4 Å². The average molecular weight is 249 g/mol. The van der Waals surface area contributed by atoms with Crippen molar-refractivity contribution in [1.29, 1.82) is 0 Å². The summed E-state index contributed by atoms with van der Waals surface area (Å²) in [5.41, 5.74) is -0.500. The Hall–Kier alpha value is -1.49. The molecule has 1 aromatic rings. The molecule has 16 heavy (non-hydrogen) atoms. The van der Waals surface area contributed by atoms with Crippen LogP contribution in [0, 0.1) is 11.6 Å². The van der Waals surface area contributed by atoms with E-state index in [1.165, 1.54) is 0 Å². The van der Waals surface area contributed by atoms with Crippen LogP contribution in [0.25, 0.3) is 0 Å². The van der Waals surface area contributed by atoms with Gasteiger partial charge in [0.1, 0.15) is 11.6 Å². The van der Waals surface area contributed by atoms with Gasteiger partial charge in [-0.1, -0.05) is 11.6 Å².